The first kappa shape index (κ1) is 16.5. The second-order valence-electron chi connectivity index (χ2n) is 5.40. The number of hydrogen-bond acceptors (Lipinski definition) is 2. The van der Waals surface area contributed by atoms with E-state index in [1.54, 1.807) is 7.11 Å². The summed E-state index contributed by atoms with van der Waals surface area (Å²) in [5, 5.41) is 0. The van der Waals surface area contributed by atoms with Crippen LogP contribution in [0, 0.1) is 5.92 Å². The summed E-state index contributed by atoms with van der Waals surface area (Å²) in [6, 6.07) is 0. The maximum absolute atomic E-state index is 5.43. The summed E-state index contributed by atoms with van der Waals surface area (Å²) < 4.78 is 5.43. The molecule has 0 bridgehead atoms. The van der Waals surface area contributed by atoms with Gasteiger partial charge in [-0.1, -0.05) is 19.4 Å². The summed E-state index contributed by atoms with van der Waals surface area (Å²) in [4.78, 5) is 2.33. The smallest absolute Gasteiger partial charge is 0.0622 e. The average Bonchev–Trinajstić information content (AvgIpc) is 2.30. The van der Waals surface area contributed by atoms with Crippen molar-refractivity contribution in [2.24, 2.45) is 5.92 Å². The molecule has 0 radical (unpaired) electrons. The van der Waals surface area contributed by atoms with Crippen LogP contribution in [-0.2, 0) is 4.74 Å². The van der Waals surface area contributed by atoms with Gasteiger partial charge in [0.05, 0.1) is 5.60 Å². The van der Waals surface area contributed by atoms with E-state index in [-0.39, 0.29) is 5.60 Å². The zero-order chi connectivity index (χ0) is 13.3. The molecule has 0 saturated carbocycles. The molecular weight excluding hydrogens is 210 g/mol. The van der Waals surface area contributed by atoms with Crippen LogP contribution in [0.4, 0.5) is 0 Å². The Balaban J connectivity index is 3.83. The highest BCUT2D eigenvalue weighted by molar-refractivity contribution is 4.86. The molecule has 0 heterocycles. The highest BCUT2D eigenvalue weighted by atomic mass is 16.5. The number of methoxy groups -OCH3 is 1. The molecule has 102 valence electrons. The molecule has 17 heavy (non-hydrogen) atoms. The molecule has 0 saturated heterocycles. The number of nitrogens with zero attached hydrogens (tertiary/aromatic N) is 1. The van der Waals surface area contributed by atoms with Gasteiger partial charge in [-0.05, 0) is 52.7 Å². The molecule has 0 amide bonds. The Morgan fingerprint density at radius 3 is 2.29 bits per heavy atom. The number of hydrogen-bond donors (Lipinski definition) is 0. The zero-order valence-corrected chi connectivity index (χ0v) is 12.6. The molecule has 0 aromatic heterocycles. The minimum absolute atomic E-state index is 0.0301. The highest BCUT2D eigenvalue weighted by Gasteiger charge is 2.15. The fraction of sp³-hybridized carbons (Fsp3) is 0.867. The van der Waals surface area contributed by atoms with Crippen molar-refractivity contribution in [1.82, 2.24) is 4.90 Å². The van der Waals surface area contributed by atoms with Gasteiger partial charge in [-0.2, -0.15) is 0 Å². The zero-order valence-electron chi connectivity index (χ0n) is 12.6. The first-order valence-corrected chi connectivity index (χ1v) is 6.92. The number of allylic oxidation sites excluding steroid dienone is 1. The molecule has 0 fully saturated rings. The lowest BCUT2D eigenvalue weighted by molar-refractivity contribution is 0.0130. The minimum Gasteiger partial charge on any atom is -0.379 e. The molecule has 2 heteroatoms. The molecule has 0 spiro atoms. The molecule has 0 aromatic rings. The van der Waals surface area contributed by atoms with Crippen LogP contribution >= 0.6 is 0 Å². The molecule has 0 N–H and O–H groups in total. The number of ether oxygens (including phenoxy) is 1. The predicted molar refractivity (Wildman–Crippen MR) is 76.2 cm³/mol. The van der Waals surface area contributed by atoms with Crippen molar-refractivity contribution in [2.75, 3.05) is 20.2 Å². The summed E-state index contributed by atoms with van der Waals surface area (Å²) in [7, 11) is 1.80. The van der Waals surface area contributed by atoms with Gasteiger partial charge in [-0.3, -0.25) is 0 Å². The minimum atomic E-state index is 0.0301. The maximum Gasteiger partial charge on any atom is 0.0622 e. The van der Waals surface area contributed by atoms with Crippen LogP contribution in [-0.4, -0.2) is 30.7 Å². The third-order valence-corrected chi connectivity index (χ3v) is 3.43. The molecule has 0 aliphatic carbocycles. The van der Waals surface area contributed by atoms with Crippen LogP contribution in [0.5, 0.6) is 0 Å². The van der Waals surface area contributed by atoms with Crippen molar-refractivity contribution >= 4 is 0 Å². The first-order chi connectivity index (χ1) is 7.95. The summed E-state index contributed by atoms with van der Waals surface area (Å²) in [5.74, 6) is 0.656. The topological polar surface area (TPSA) is 12.5 Å². The Morgan fingerprint density at radius 1 is 1.24 bits per heavy atom. The van der Waals surface area contributed by atoms with E-state index < -0.39 is 0 Å². The molecule has 2 nitrogen and oxygen atoms in total. The van der Waals surface area contributed by atoms with Gasteiger partial charge in [0.25, 0.3) is 0 Å². The Bertz CT molecular complexity index is 207. The van der Waals surface area contributed by atoms with E-state index in [0.717, 1.165) is 19.5 Å². The fourth-order valence-corrected chi connectivity index (χ4v) is 1.75. The molecule has 0 aromatic carbocycles. The third-order valence-electron chi connectivity index (χ3n) is 3.43. The standard InChI is InChI=1S/C15H31NO/c1-7-16(8-2)13-11-14(3)10-9-12-15(4,5)17-6/h11,13-14H,7-10,12H2,1-6H3/b13-11+. The Hall–Kier alpha value is -0.500. The van der Waals surface area contributed by atoms with Gasteiger partial charge in [0.1, 0.15) is 0 Å². The Morgan fingerprint density at radius 2 is 1.82 bits per heavy atom. The van der Waals surface area contributed by atoms with Gasteiger partial charge in [0.2, 0.25) is 0 Å². The van der Waals surface area contributed by atoms with Gasteiger partial charge in [0, 0.05) is 20.2 Å². The van der Waals surface area contributed by atoms with Crippen LogP contribution in [0.15, 0.2) is 12.3 Å². The van der Waals surface area contributed by atoms with E-state index in [0.29, 0.717) is 5.92 Å². The van der Waals surface area contributed by atoms with Crippen molar-refractivity contribution < 1.29 is 4.74 Å². The van der Waals surface area contributed by atoms with E-state index in [1.165, 1.54) is 12.8 Å². The van der Waals surface area contributed by atoms with Crippen molar-refractivity contribution in [3.8, 4) is 0 Å². The summed E-state index contributed by atoms with van der Waals surface area (Å²) >= 11 is 0. The highest BCUT2D eigenvalue weighted by Crippen LogP contribution is 2.19. The van der Waals surface area contributed by atoms with Gasteiger partial charge < -0.3 is 9.64 Å². The molecule has 0 aliphatic rings. The second-order valence-corrected chi connectivity index (χ2v) is 5.40. The van der Waals surface area contributed by atoms with Crippen LogP contribution in [0.1, 0.15) is 53.9 Å². The van der Waals surface area contributed by atoms with E-state index in [9.17, 15) is 0 Å². The Kier molecular flexibility index (Phi) is 8.32. The van der Waals surface area contributed by atoms with Gasteiger partial charge >= 0.3 is 0 Å². The molecule has 0 aliphatic heterocycles. The molecular formula is C15H31NO. The third kappa shape index (κ3) is 8.25. The van der Waals surface area contributed by atoms with Crippen LogP contribution in [0.25, 0.3) is 0 Å². The van der Waals surface area contributed by atoms with Gasteiger partial charge in [0.15, 0.2) is 0 Å². The summed E-state index contributed by atoms with van der Waals surface area (Å²) in [6.07, 6.45) is 8.17. The Labute approximate surface area is 108 Å². The van der Waals surface area contributed by atoms with Crippen LogP contribution in [0.3, 0.4) is 0 Å². The van der Waals surface area contributed by atoms with Crippen molar-refractivity contribution in [2.45, 2.75) is 59.5 Å². The lowest BCUT2D eigenvalue weighted by atomic mass is 9.96. The normalized spacial score (nSPS) is 14.2. The lowest BCUT2D eigenvalue weighted by Crippen LogP contribution is -2.22. The predicted octanol–water partition coefficient (Wildman–Crippen LogP) is 4.07. The molecule has 0 rings (SSSR count). The van der Waals surface area contributed by atoms with E-state index >= 15 is 0 Å². The average molecular weight is 241 g/mol. The monoisotopic (exact) mass is 241 g/mol. The number of rotatable bonds is 9. The quantitative estimate of drug-likeness (QED) is 0.603. The molecule has 1 unspecified atom stereocenters. The molecule has 1 atom stereocenters. The van der Waals surface area contributed by atoms with Crippen molar-refractivity contribution in [3.05, 3.63) is 12.3 Å². The van der Waals surface area contributed by atoms with Gasteiger partial charge in [-0.15, -0.1) is 0 Å². The van der Waals surface area contributed by atoms with Crippen LogP contribution < -0.4 is 0 Å². The lowest BCUT2D eigenvalue weighted by Gasteiger charge is -2.23. The fourth-order valence-electron chi connectivity index (χ4n) is 1.75. The second kappa shape index (κ2) is 8.57. The maximum atomic E-state index is 5.43. The van der Waals surface area contributed by atoms with E-state index in [1.807, 2.05) is 0 Å². The van der Waals surface area contributed by atoms with E-state index in [4.69, 9.17) is 4.74 Å². The summed E-state index contributed by atoms with van der Waals surface area (Å²) in [6.45, 7) is 13.2. The first-order valence-electron chi connectivity index (χ1n) is 6.92. The van der Waals surface area contributed by atoms with E-state index in [2.05, 4.69) is 51.8 Å². The summed E-state index contributed by atoms with van der Waals surface area (Å²) in [5.41, 5.74) is 0.0301. The SMILES string of the molecule is CCN(/C=C/C(C)CCCC(C)(C)OC)CC. The van der Waals surface area contributed by atoms with Crippen molar-refractivity contribution in [3.63, 3.8) is 0 Å². The van der Waals surface area contributed by atoms with Crippen molar-refractivity contribution in [1.29, 1.82) is 0 Å². The van der Waals surface area contributed by atoms with Crippen LogP contribution in [0.2, 0.25) is 0 Å². The van der Waals surface area contributed by atoms with Gasteiger partial charge in [-0.25, -0.2) is 0 Å². The largest absolute Gasteiger partial charge is 0.379 e.